The maximum Gasteiger partial charge on any atom is 0.220 e. The molecule has 0 fully saturated rings. The molecule has 4 heteroatoms. The van der Waals surface area contributed by atoms with Crippen molar-refractivity contribution in [2.75, 3.05) is 6.61 Å². The highest BCUT2D eigenvalue weighted by atomic mass is 16.3. The molecule has 0 heterocycles. The molecule has 2 atom stereocenters. The second kappa shape index (κ2) is 54.5. The van der Waals surface area contributed by atoms with E-state index in [2.05, 4.69) is 31.3 Å². The van der Waals surface area contributed by atoms with Gasteiger partial charge in [-0.2, -0.15) is 0 Å². The standard InChI is InChI=1S/C58H115NO3/c1-3-5-7-9-11-13-15-17-19-21-23-25-26-27-28-29-30-31-32-34-35-37-39-41-43-45-47-49-51-53-57(61)56(55-60)59-58(62)54-52-50-48-46-44-42-40-38-36-33-24-22-20-18-16-14-12-10-8-6-4-2/h22,24,56-57,60-61H,3-21,23,25-55H2,1-2H3,(H,59,62)/b24-22-. The van der Waals surface area contributed by atoms with Gasteiger partial charge < -0.3 is 15.5 Å². The summed E-state index contributed by atoms with van der Waals surface area (Å²) in [5, 5.41) is 23.4. The fourth-order valence-corrected chi connectivity index (χ4v) is 9.36. The Hall–Kier alpha value is -0.870. The number of nitrogens with one attached hydrogen (secondary N) is 1. The van der Waals surface area contributed by atoms with Gasteiger partial charge in [-0.05, 0) is 38.5 Å². The van der Waals surface area contributed by atoms with Crippen LogP contribution < -0.4 is 5.32 Å². The summed E-state index contributed by atoms with van der Waals surface area (Å²) < 4.78 is 0. The molecular formula is C58H115NO3. The highest BCUT2D eigenvalue weighted by Gasteiger charge is 2.20. The number of carbonyl (C=O) groups excluding carboxylic acids is 1. The maximum atomic E-state index is 12.5. The van der Waals surface area contributed by atoms with Gasteiger partial charge in [0, 0.05) is 6.42 Å². The summed E-state index contributed by atoms with van der Waals surface area (Å²) in [6.07, 6.45) is 70.7. The van der Waals surface area contributed by atoms with Gasteiger partial charge in [0.15, 0.2) is 0 Å². The quantitative estimate of drug-likeness (QED) is 0.0421. The van der Waals surface area contributed by atoms with E-state index in [1.165, 1.54) is 283 Å². The predicted octanol–water partition coefficient (Wildman–Crippen LogP) is 18.9. The Kier molecular flexibility index (Phi) is 53.7. The molecule has 3 N–H and O–H groups in total. The number of rotatable bonds is 54. The summed E-state index contributed by atoms with van der Waals surface area (Å²) in [7, 11) is 0. The zero-order valence-corrected chi connectivity index (χ0v) is 42.7. The number of aliphatic hydroxyl groups is 2. The van der Waals surface area contributed by atoms with Crippen LogP contribution in [-0.2, 0) is 4.79 Å². The number of carbonyl (C=O) groups is 1. The van der Waals surface area contributed by atoms with E-state index in [0.29, 0.717) is 12.8 Å². The molecule has 0 aromatic heterocycles. The smallest absolute Gasteiger partial charge is 0.220 e. The van der Waals surface area contributed by atoms with Crippen molar-refractivity contribution >= 4 is 5.91 Å². The van der Waals surface area contributed by atoms with Crippen molar-refractivity contribution in [1.29, 1.82) is 0 Å². The number of hydrogen-bond donors (Lipinski definition) is 3. The Bertz CT molecular complexity index is 860. The average molecular weight is 875 g/mol. The molecular weight excluding hydrogens is 759 g/mol. The van der Waals surface area contributed by atoms with Crippen LogP contribution in [0, 0.1) is 0 Å². The Morgan fingerprint density at radius 2 is 0.613 bits per heavy atom. The van der Waals surface area contributed by atoms with Gasteiger partial charge in [0.1, 0.15) is 0 Å². The molecule has 370 valence electrons. The second-order valence-corrected chi connectivity index (χ2v) is 20.1. The van der Waals surface area contributed by atoms with Crippen molar-refractivity contribution in [2.24, 2.45) is 0 Å². The largest absolute Gasteiger partial charge is 0.394 e. The SMILES string of the molecule is CCCCCCCCCC/C=C\CCCCCCCCCCCC(=O)NC(CO)C(O)CCCCCCCCCCCCCCCCCCCCCCCCCCCCCCC. The first-order valence-corrected chi connectivity index (χ1v) is 28.9. The third-order valence-corrected chi connectivity index (χ3v) is 13.8. The molecule has 0 aliphatic carbocycles. The molecule has 0 spiro atoms. The monoisotopic (exact) mass is 874 g/mol. The van der Waals surface area contributed by atoms with Crippen LogP contribution in [0.3, 0.4) is 0 Å². The van der Waals surface area contributed by atoms with Crippen LogP contribution in [0.2, 0.25) is 0 Å². The summed E-state index contributed by atoms with van der Waals surface area (Å²) in [4.78, 5) is 12.5. The first-order chi connectivity index (χ1) is 30.7. The highest BCUT2D eigenvalue weighted by Crippen LogP contribution is 2.18. The van der Waals surface area contributed by atoms with Crippen molar-refractivity contribution in [3.8, 4) is 0 Å². The van der Waals surface area contributed by atoms with Crippen molar-refractivity contribution in [2.45, 2.75) is 347 Å². The summed E-state index contributed by atoms with van der Waals surface area (Å²) in [6.45, 7) is 4.40. The van der Waals surface area contributed by atoms with Crippen LogP contribution in [-0.4, -0.2) is 34.9 Å². The van der Waals surface area contributed by atoms with E-state index in [4.69, 9.17) is 0 Å². The highest BCUT2D eigenvalue weighted by molar-refractivity contribution is 5.76. The minimum absolute atomic E-state index is 0.0273. The summed E-state index contributed by atoms with van der Waals surface area (Å²) in [5.74, 6) is -0.0273. The van der Waals surface area contributed by atoms with Crippen molar-refractivity contribution in [3.63, 3.8) is 0 Å². The fourth-order valence-electron chi connectivity index (χ4n) is 9.36. The van der Waals surface area contributed by atoms with Gasteiger partial charge in [0.2, 0.25) is 5.91 Å². The van der Waals surface area contributed by atoms with Gasteiger partial charge in [-0.1, -0.05) is 302 Å². The van der Waals surface area contributed by atoms with E-state index in [-0.39, 0.29) is 12.5 Å². The van der Waals surface area contributed by atoms with Crippen LogP contribution in [0.4, 0.5) is 0 Å². The summed E-state index contributed by atoms with van der Waals surface area (Å²) in [6, 6.07) is -0.535. The lowest BCUT2D eigenvalue weighted by atomic mass is 10.0. The lowest BCUT2D eigenvalue weighted by Crippen LogP contribution is -2.45. The van der Waals surface area contributed by atoms with Gasteiger partial charge in [0.25, 0.3) is 0 Å². The topological polar surface area (TPSA) is 69.6 Å². The van der Waals surface area contributed by atoms with Crippen LogP contribution >= 0.6 is 0 Å². The molecule has 0 aliphatic heterocycles. The number of hydrogen-bond acceptors (Lipinski definition) is 3. The van der Waals surface area contributed by atoms with Crippen molar-refractivity contribution in [3.05, 3.63) is 12.2 Å². The number of unbranched alkanes of at least 4 members (excludes halogenated alkanes) is 45. The van der Waals surface area contributed by atoms with Crippen LogP contribution in [0.15, 0.2) is 12.2 Å². The van der Waals surface area contributed by atoms with Gasteiger partial charge in [-0.3, -0.25) is 4.79 Å². The van der Waals surface area contributed by atoms with Gasteiger partial charge in [0.05, 0.1) is 18.8 Å². The zero-order valence-electron chi connectivity index (χ0n) is 42.7. The Morgan fingerprint density at radius 3 is 0.887 bits per heavy atom. The lowest BCUT2D eigenvalue weighted by Gasteiger charge is -2.22. The zero-order chi connectivity index (χ0) is 44.9. The maximum absolute atomic E-state index is 12.5. The van der Waals surface area contributed by atoms with Crippen molar-refractivity contribution < 1.29 is 15.0 Å². The van der Waals surface area contributed by atoms with Gasteiger partial charge >= 0.3 is 0 Å². The number of amides is 1. The molecule has 0 saturated carbocycles. The minimum atomic E-state index is -0.659. The first kappa shape index (κ1) is 61.1. The first-order valence-electron chi connectivity index (χ1n) is 28.9. The molecule has 2 unspecified atom stereocenters. The predicted molar refractivity (Wildman–Crippen MR) is 276 cm³/mol. The number of allylic oxidation sites excluding steroid dienone is 2. The molecule has 0 radical (unpaired) electrons. The lowest BCUT2D eigenvalue weighted by molar-refractivity contribution is -0.123. The third-order valence-electron chi connectivity index (χ3n) is 13.8. The molecule has 1 amide bonds. The summed E-state index contributed by atoms with van der Waals surface area (Å²) in [5.41, 5.74) is 0. The summed E-state index contributed by atoms with van der Waals surface area (Å²) >= 11 is 0. The normalized spacial score (nSPS) is 12.8. The van der Waals surface area contributed by atoms with Crippen molar-refractivity contribution in [1.82, 2.24) is 5.32 Å². The molecule has 0 rings (SSSR count). The van der Waals surface area contributed by atoms with Gasteiger partial charge in [-0.15, -0.1) is 0 Å². The average Bonchev–Trinajstić information content (AvgIpc) is 3.28. The Labute approximate surface area is 390 Å². The molecule has 0 aromatic carbocycles. The van der Waals surface area contributed by atoms with Crippen LogP contribution in [0.25, 0.3) is 0 Å². The molecule has 62 heavy (non-hydrogen) atoms. The van der Waals surface area contributed by atoms with E-state index < -0.39 is 12.1 Å². The van der Waals surface area contributed by atoms with E-state index in [1.54, 1.807) is 0 Å². The van der Waals surface area contributed by atoms with E-state index in [0.717, 1.165) is 25.7 Å². The Morgan fingerprint density at radius 1 is 0.371 bits per heavy atom. The van der Waals surface area contributed by atoms with Gasteiger partial charge in [-0.25, -0.2) is 0 Å². The number of aliphatic hydroxyl groups excluding tert-OH is 2. The molecule has 0 bridgehead atoms. The fraction of sp³-hybridized carbons (Fsp3) is 0.948. The molecule has 0 aliphatic rings. The van der Waals surface area contributed by atoms with Crippen LogP contribution in [0.5, 0.6) is 0 Å². The third kappa shape index (κ3) is 50.1. The van der Waals surface area contributed by atoms with E-state index in [9.17, 15) is 15.0 Å². The second-order valence-electron chi connectivity index (χ2n) is 20.1. The van der Waals surface area contributed by atoms with E-state index >= 15 is 0 Å². The molecule has 0 saturated heterocycles. The molecule has 4 nitrogen and oxygen atoms in total. The Balaban J connectivity index is 3.41. The van der Waals surface area contributed by atoms with E-state index in [1.807, 2.05) is 0 Å². The molecule has 0 aromatic rings. The van der Waals surface area contributed by atoms with Crippen LogP contribution in [0.1, 0.15) is 335 Å². The minimum Gasteiger partial charge on any atom is -0.394 e.